The van der Waals surface area contributed by atoms with Gasteiger partial charge in [0.15, 0.2) is 0 Å². The molecule has 1 unspecified atom stereocenters. The van der Waals surface area contributed by atoms with Crippen molar-refractivity contribution in [3.63, 3.8) is 0 Å². The van der Waals surface area contributed by atoms with Crippen LogP contribution in [0.25, 0.3) is 0 Å². The van der Waals surface area contributed by atoms with Gasteiger partial charge in [-0.15, -0.1) is 0 Å². The number of aromatic nitrogens is 2. The zero-order valence-corrected chi connectivity index (χ0v) is 12.6. The van der Waals surface area contributed by atoms with Crippen LogP contribution in [0, 0.1) is 6.92 Å². The summed E-state index contributed by atoms with van der Waals surface area (Å²) < 4.78 is 1.99. The van der Waals surface area contributed by atoms with Crippen molar-refractivity contribution in [2.75, 3.05) is 7.05 Å². The van der Waals surface area contributed by atoms with Crippen molar-refractivity contribution in [2.45, 2.75) is 38.6 Å². The van der Waals surface area contributed by atoms with Crippen molar-refractivity contribution in [2.24, 2.45) is 7.05 Å². The van der Waals surface area contributed by atoms with E-state index in [1.54, 1.807) is 11.1 Å². The molecule has 1 aliphatic rings. The largest absolute Gasteiger partial charge is 0.311 e. The molecule has 106 valence electrons. The van der Waals surface area contributed by atoms with Gasteiger partial charge in [-0.05, 0) is 62.4 Å². The number of aryl methyl sites for hydroxylation is 4. The number of benzene rings is 1. The molecule has 0 saturated heterocycles. The van der Waals surface area contributed by atoms with E-state index in [9.17, 15) is 0 Å². The molecule has 2 aromatic rings. The topological polar surface area (TPSA) is 29.9 Å². The van der Waals surface area contributed by atoms with Crippen LogP contribution in [-0.4, -0.2) is 16.8 Å². The highest BCUT2D eigenvalue weighted by atomic mass is 15.3. The van der Waals surface area contributed by atoms with Crippen LogP contribution in [0.1, 0.15) is 40.5 Å². The zero-order chi connectivity index (χ0) is 14.1. The fourth-order valence-electron chi connectivity index (χ4n) is 3.30. The fraction of sp³-hybridized carbons (Fsp3) is 0.471. The monoisotopic (exact) mass is 269 g/mol. The van der Waals surface area contributed by atoms with Crippen molar-refractivity contribution in [1.29, 1.82) is 0 Å². The highest BCUT2D eigenvalue weighted by Gasteiger charge is 2.17. The number of nitrogens with one attached hydrogen (secondary N) is 1. The van der Waals surface area contributed by atoms with Crippen LogP contribution >= 0.6 is 0 Å². The molecule has 1 N–H and O–H groups in total. The molecule has 1 aliphatic carbocycles. The predicted molar refractivity (Wildman–Crippen MR) is 81.9 cm³/mol. The molecule has 20 heavy (non-hydrogen) atoms. The van der Waals surface area contributed by atoms with Crippen LogP contribution in [0.2, 0.25) is 0 Å². The molecular weight excluding hydrogens is 246 g/mol. The molecule has 3 nitrogen and oxygen atoms in total. The molecule has 3 rings (SSSR count). The number of hydrogen-bond acceptors (Lipinski definition) is 2. The third kappa shape index (κ3) is 2.50. The second-order valence-electron chi connectivity index (χ2n) is 5.84. The Morgan fingerprint density at radius 2 is 2.05 bits per heavy atom. The number of rotatable bonds is 4. The van der Waals surface area contributed by atoms with Gasteiger partial charge in [0.2, 0.25) is 0 Å². The van der Waals surface area contributed by atoms with Gasteiger partial charge >= 0.3 is 0 Å². The van der Waals surface area contributed by atoms with Crippen molar-refractivity contribution in [3.05, 3.63) is 52.3 Å². The minimum Gasteiger partial charge on any atom is -0.311 e. The SMILES string of the molecule is CNC(Cc1ccc2c(c1)CCC2)c1cc(C)nn1C. The Morgan fingerprint density at radius 3 is 2.75 bits per heavy atom. The summed E-state index contributed by atoms with van der Waals surface area (Å²) in [6.07, 6.45) is 4.84. The van der Waals surface area contributed by atoms with Gasteiger partial charge < -0.3 is 5.32 Å². The highest BCUT2D eigenvalue weighted by molar-refractivity contribution is 5.36. The Labute approximate surface area is 121 Å². The first-order valence-corrected chi connectivity index (χ1v) is 7.46. The molecule has 0 spiro atoms. The van der Waals surface area contributed by atoms with E-state index in [1.807, 2.05) is 25.7 Å². The molecule has 0 radical (unpaired) electrons. The first-order chi connectivity index (χ1) is 9.67. The molecule has 1 aromatic heterocycles. The second-order valence-corrected chi connectivity index (χ2v) is 5.84. The molecule has 0 fully saturated rings. The standard InChI is InChI=1S/C17H23N3/c1-12-9-17(20(3)19-12)16(18-2)11-13-7-8-14-5-4-6-15(14)10-13/h7-10,16,18H,4-6,11H2,1-3H3. The number of hydrogen-bond donors (Lipinski definition) is 1. The second kappa shape index (κ2) is 5.41. The maximum atomic E-state index is 4.46. The van der Waals surface area contributed by atoms with E-state index in [4.69, 9.17) is 0 Å². The molecule has 1 aromatic carbocycles. The van der Waals surface area contributed by atoms with Crippen molar-refractivity contribution in [1.82, 2.24) is 15.1 Å². The van der Waals surface area contributed by atoms with Crippen LogP contribution in [0.15, 0.2) is 24.3 Å². The quantitative estimate of drug-likeness (QED) is 0.925. The predicted octanol–water partition coefficient (Wildman–Crippen LogP) is 2.72. The number of likely N-dealkylation sites (N-methyl/N-ethyl adjacent to an activating group) is 1. The van der Waals surface area contributed by atoms with Gasteiger partial charge in [0.1, 0.15) is 0 Å². The molecule has 1 atom stereocenters. The molecule has 0 bridgehead atoms. The summed E-state index contributed by atoms with van der Waals surface area (Å²) in [5, 5.41) is 7.88. The first kappa shape index (κ1) is 13.4. The van der Waals surface area contributed by atoms with Crippen LogP contribution in [-0.2, 0) is 26.3 Å². The maximum Gasteiger partial charge on any atom is 0.0597 e. The Hall–Kier alpha value is -1.61. The Bertz CT molecular complexity index is 613. The van der Waals surface area contributed by atoms with Crippen molar-refractivity contribution >= 4 is 0 Å². The third-order valence-electron chi connectivity index (χ3n) is 4.35. The van der Waals surface area contributed by atoms with E-state index in [-0.39, 0.29) is 0 Å². The summed E-state index contributed by atoms with van der Waals surface area (Å²) in [5.74, 6) is 0. The van der Waals surface area contributed by atoms with Gasteiger partial charge in [-0.1, -0.05) is 18.2 Å². The average Bonchev–Trinajstić information content (AvgIpc) is 3.01. The lowest BCUT2D eigenvalue weighted by Crippen LogP contribution is -2.21. The van der Waals surface area contributed by atoms with Gasteiger partial charge in [-0.25, -0.2) is 0 Å². The molecule has 1 heterocycles. The fourth-order valence-corrected chi connectivity index (χ4v) is 3.30. The molecular formula is C17H23N3. The Kier molecular flexibility index (Phi) is 3.62. The van der Waals surface area contributed by atoms with Crippen molar-refractivity contribution < 1.29 is 0 Å². The highest BCUT2D eigenvalue weighted by Crippen LogP contribution is 2.25. The van der Waals surface area contributed by atoms with Crippen LogP contribution < -0.4 is 5.32 Å². The van der Waals surface area contributed by atoms with Gasteiger partial charge in [0.05, 0.1) is 17.4 Å². The van der Waals surface area contributed by atoms with Crippen LogP contribution in [0.4, 0.5) is 0 Å². The summed E-state index contributed by atoms with van der Waals surface area (Å²) in [7, 11) is 4.05. The molecule has 0 amide bonds. The van der Waals surface area contributed by atoms with Crippen LogP contribution in [0.5, 0.6) is 0 Å². The third-order valence-corrected chi connectivity index (χ3v) is 4.35. The van der Waals surface area contributed by atoms with Gasteiger partial charge in [-0.2, -0.15) is 5.10 Å². The van der Waals surface area contributed by atoms with Gasteiger partial charge in [-0.3, -0.25) is 4.68 Å². The van der Waals surface area contributed by atoms with E-state index in [2.05, 4.69) is 34.7 Å². The summed E-state index contributed by atoms with van der Waals surface area (Å²) in [5.41, 5.74) is 6.86. The maximum absolute atomic E-state index is 4.46. The van der Waals surface area contributed by atoms with Gasteiger partial charge in [0, 0.05) is 7.05 Å². The Balaban J connectivity index is 1.83. The molecule has 3 heteroatoms. The van der Waals surface area contributed by atoms with Gasteiger partial charge in [0.25, 0.3) is 0 Å². The summed E-state index contributed by atoms with van der Waals surface area (Å²) in [6.45, 7) is 2.05. The molecule has 0 saturated carbocycles. The minimum absolute atomic E-state index is 0.320. The summed E-state index contributed by atoms with van der Waals surface area (Å²) in [4.78, 5) is 0. The lowest BCUT2D eigenvalue weighted by molar-refractivity contribution is 0.537. The Morgan fingerprint density at radius 1 is 1.25 bits per heavy atom. The van der Waals surface area contributed by atoms with Crippen LogP contribution in [0.3, 0.4) is 0 Å². The average molecular weight is 269 g/mol. The number of fused-ring (bicyclic) bond motifs is 1. The molecule has 0 aliphatic heterocycles. The first-order valence-electron chi connectivity index (χ1n) is 7.46. The minimum atomic E-state index is 0.320. The van der Waals surface area contributed by atoms with E-state index >= 15 is 0 Å². The normalized spacial score (nSPS) is 15.3. The van der Waals surface area contributed by atoms with E-state index in [0.29, 0.717) is 6.04 Å². The zero-order valence-electron chi connectivity index (χ0n) is 12.6. The summed E-state index contributed by atoms with van der Waals surface area (Å²) in [6, 6.07) is 9.50. The lowest BCUT2D eigenvalue weighted by atomic mass is 9.99. The van der Waals surface area contributed by atoms with Crippen molar-refractivity contribution in [3.8, 4) is 0 Å². The summed E-state index contributed by atoms with van der Waals surface area (Å²) >= 11 is 0. The number of nitrogens with zero attached hydrogens (tertiary/aromatic N) is 2. The van der Waals surface area contributed by atoms with E-state index < -0.39 is 0 Å². The lowest BCUT2D eigenvalue weighted by Gasteiger charge is -2.17. The van der Waals surface area contributed by atoms with E-state index in [0.717, 1.165) is 12.1 Å². The van der Waals surface area contributed by atoms with E-state index in [1.165, 1.54) is 30.5 Å². The smallest absolute Gasteiger partial charge is 0.0597 e.